The second kappa shape index (κ2) is 5.56. The van der Waals surface area contributed by atoms with Gasteiger partial charge in [0.25, 0.3) is 0 Å². The summed E-state index contributed by atoms with van der Waals surface area (Å²) in [4.78, 5) is 8.36. The van der Waals surface area contributed by atoms with E-state index in [-0.39, 0.29) is 28.5 Å². The molecule has 1 aromatic carbocycles. The number of hydrazine groups is 1. The van der Waals surface area contributed by atoms with Crippen molar-refractivity contribution < 1.29 is 13.2 Å². The summed E-state index contributed by atoms with van der Waals surface area (Å²) in [6.07, 6.45) is -2.65. The van der Waals surface area contributed by atoms with Crippen molar-refractivity contribution in [2.24, 2.45) is 0 Å². The van der Waals surface area contributed by atoms with Crippen LogP contribution in [0.5, 0.6) is 0 Å². The number of hydrogen-bond acceptors (Lipinski definition) is 6. The van der Waals surface area contributed by atoms with Gasteiger partial charge >= 0.3 is 6.18 Å². The average molecular weight is 363 g/mol. The number of nitrogens with two attached hydrogens (primary N) is 1. The van der Waals surface area contributed by atoms with E-state index in [9.17, 15) is 13.2 Å². The number of fused-ring (bicyclic) bond motifs is 3. The SMILES string of the molecule is CC(C)N1C=C(c2nc3c4cccc(C(F)(F)F)c4nc(N)n3n2)CN1. The van der Waals surface area contributed by atoms with E-state index in [0.29, 0.717) is 12.4 Å². The van der Waals surface area contributed by atoms with E-state index in [4.69, 9.17) is 5.73 Å². The minimum Gasteiger partial charge on any atom is -0.368 e. The number of rotatable bonds is 2. The number of hydrogen-bond donors (Lipinski definition) is 2. The van der Waals surface area contributed by atoms with Gasteiger partial charge in [0, 0.05) is 29.7 Å². The topological polar surface area (TPSA) is 84.4 Å². The molecule has 3 heterocycles. The Bertz CT molecular complexity index is 1040. The molecule has 0 unspecified atom stereocenters. The van der Waals surface area contributed by atoms with Crippen LogP contribution in [0.4, 0.5) is 19.1 Å². The Morgan fingerprint density at radius 2 is 2.00 bits per heavy atom. The van der Waals surface area contributed by atoms with Crippen LogP contribution in [-0.2, 0) is 6.18 Å². The van der Waals surface area contributed by atoms with Gasteiger partial charge in [0.1, 0.15) is 0 Å². The van der Waals surface area contributed by atoms with Gasteiger partial charge in [-0.05, 0) is 26.0 Å². The standard InChI is InChI=1S/C16H16F3N7/c1-8(2)25-7-9(6-21-25)13-23-14-10-4-3-5-11(16(17,18)19)12(10)22-15(20)26(14)24-13/h3-5,7-8,21H,6H2,1-2H3,(H2,20,22). The number of benzene rings is 1. The zero-order valence-electron chi connectivity index (χ0n) is 14.0. The molecule has 0 fully saturated rings. The summed E-state index contributed by atoms with van der Waals surface area (Å²) in [5.74, 6) is 0.259. The molecule has 3 N–H and O–H groups in total. The van der Waals surface area contributed by atoms with Crippen molar-refractivity contribution in [2.75, 3.05) is 12.3 Å². The normalized spacial score (nSPS) is 15.5. The molecule has 0 bridgehead atoms. The van der Waals surface area contributed by atoms with Gasteiger partial charge in [0.2, 0.25) is 5.95 Å². The van der Waals surface area contributed by atoms with Crippen LogP contribution in [0.25, 0.3) is 22.1 Å². The van der Waals surface area contributed by atoms with Crippen LogP contribution in [0.15, 0.2) is 24.4 Å². The summed E-state index contributed by atoms with van der Waals surface area (Å²) in [6, 6.07) is 4.08. The molecule has 136 valence electrons. The van der Waals surface area contributed by atoms with Gasteiger partial charge in [0.05, 0.1) is 11.1 Å². The second-order valence-corrected chi connectivity index (χ2v) is 6.33. The van der Waals surface area contributed by atoms with Gasteiger partial charge in [-0.3, -0.25) is 0 Å². The van der Waals surface area contributed by atoms with Crippen LogP contribution >= 0.6 is 0 Å². The first-order valence-electron chi connectivity index (χ1n) is 8.01. The Kier molecular flexibility index (Phi) is 3.55. The van der Waals surface area contributed by atoms with Crippen LogP contribution in [0.3, 0.4) is 0 Å². The maximum absolute atomic E-state index is 13.3. The van der Waals surface area contributed by atoms with Gasteiger partial charge < -0.3 is 10.7 Å². The zero-order valence-corrected chi connectivity index (χ0v) is 14.0. The molecule has 0 saturated carbocycles. The first kappa shape index (κ1) is 16.6. The molecule has 10 heteroatoms. The predicted molar refractivity (Wildman–Crippen MR) is 90.7 cm³/mol. The molecular formula is C16H16F3N7. The molecule has 0 saturated heterocycles. The van der Waals surface area contributed by atoms with E-state index in [0.717, 1.165) is 11.6 Å². The fourth-order valence-corrected chi connectivity index (χ4v) is 2.92. The van der Waals surface area contributed by atoms with Crippen LogP contribution in [0.1, 0.15) is 25.2 Å². The number of aromatic nitrogens is 4. The fourth-order valence-electron chi connectivity index (χ4n) is 2.92. The minimum atomic E-state index is -4.53. The molecule has 0 amide bonds. The molecule has 0 spiro atoms. The molecule has 26 heavy (non-hydrogen) atoms. The van der Waals surface area contributed by atoms with Crippen molar-refractivity contribution in [1.29, 1.82) is 0 Å². The Hall–Kier alpha value is -2.88. The first-order valence-corrected chi connectivity index (χ1v) is 8.01. The van der Waals surface area contributed by atoms with Crippen molar-refractivity contribution in [2.45, 2.75) is 26.1 Å². The summed E-state index contributed by atoms with van der Waals surface area (Å²) in [5.41, 5.74) is 9.04. The van der Waals surface area contributed by atoms with E-state index in [2.05, 4.69) is 20.5 Å². The molecule has 1 aliphatic rings. The Morgan fingerprint density at radius 3 is 2.65 bits per heavy atom. The van der Waals surface area contributed by atoms with Crippen LogP contribution in [0, 0.1) is 0 Å². The highest BCUT2D eigenvalue weighted by molar-refractivity contribution is 5.94. The lowest BCUT2D eigenvalue weighted by Gasteiger charge is -2.19. The third-order valence-corrected chi connectivity index (χ3v) is 4.22. The lowest BCUT2D eigenvalue weighted by Crippen LogP contribution is -2.34. The highest BCUT2D eigenvalue weighted by Crippen LogP contribution is 2.35. The van der Waals surface area contributed by atoms with Crippen LogP contribution in [-0.4, -0.2) is 37.2 Å². The number of nitrogens with zero attached hydrogens (tertiary/aromatic N) is 5. The summed E-state index contributed by atoms with van der Waals surface area (Å²) in [6.45, 7) is 4.57. The van der Waals surface area contributed by atoms with Crippen molar-refractivity contribution >= 4 is 28.1 Å². The maximum atomic E-state index is 13.3. The molecule has 4 rings (SSSR count). The van der Waals surface area contributed by atoms with Gasteiger partial charge in [-0.2, -0.15) is 17.7 Å². The smallest absolute Gasteiger partial charge is 0.368 e. The van der Waals surface area contributed by atoms with E-state index >= 15 is 0 Å². The summed E-state index contributed by atoms with van der Waals surface area (Å²) >= 11 is 0. The van der Waals surface area contributed by atoms with Gasteiger partial charge in [0.15, 0.2) is 11.5 Å². The van der Waals surface area contributed by atoms with Crippen molar-refractivity contribution in [3.63, 3.8) is 0 Å². The maximum Gasteiger partial charge on any atom is 0.418 e. The molecule has 3 aromatic rings. The van der Waals surface area contributed by atoms with Crippen LogP contribution < -0.4 is 11.2 Å². The number of alkyl halides is 3. The van der Waals surface area contributed by atoms with Gasteiger partial charge in [-0.15, -0.1) is 5.10 Å². The van der Waals surface area contributed by atoms with E-state index < -0.39 is 11.7 Å². The number of halogens is 3. The zero-order chi connectivity index (χ0) is 18.6. The fraction of sp³-hybridized carbons (Fsp3) is 0.312. The monoisotopic (exact) mass is 363 g/mol. The van der Waals surface area contributed by atoms with E-state index in [1.807, 2.05) is 25.1 Å². The predicted octanol–water partition coefficient (Wildman–Crippen LogP) is 2.45. The quantitative estimate of drug-likeness (QED) is 0.728. The van der Waals surface area contributed by atoms with Gasteiger partial charge in [-0.25, -0.2) is 15.4 Å². The van der Waals surface area contributed by atoms with Crippen molar-refractivity contribution in [3.8, 4) is 0 Å². The summed E-state index contributed by atoms with van der Waals surface area (Å²) in [5, 5.41) is 6.50. The lowest BCUT2D eigenvalue weighted by atomic mass is 10.1. The first-order chi connectivity index (χ1) is 12.3. The second-order valence-electron chi connectivity index (χ2n) is 6.33. The minimum absolute atomic E-state index is 0.143. The van der Waals surface area contributed by atoms with Crippen molar-refractivity contribution in [3.05, 3.63) is 35.8 Å². The third kappa shape index (κ3) is 2.53. The molecule has 0 aliphatic carbocycles. The Balaban J connectivity index is 1.93. The molecule has 7 nitrogen and oxygen atoms in total. The number of nitrogen functional groups attached to an aromatic ring is 1. The van der Waals surface area contributed by atoms with E-state index in [1.54, 1.807) is 0 Å². The molecule has 1 aliphatic heterocycles. The third-order valence-electron chi connectivity index (χ3n) is 4.22. The molecule has 0 radical (unpaired) electrons. The average Bonchev–Trinajstić information content (AvgIpc) is 3.21. The summed E-state index contributed by atoms with van der Waals surface area (Å²) < 4.78 is 41.1. The molecular weight excluding hydrogens is 347 g/mol. The number of para-hydroxylation sites is 1. The summed E-state index contributed by atoms with van der Waals surface area (Å²) in [7, 11) is 0. The lowest BCUT2D eigenvalue weighted by molar-refractivity contribution is -0.136. The van der Waals surface area contributed by atoms with Crippen LogP contribution in [0.2, 0.25) is 0 Å². The molecule has 0 atom stereocenters. The van der Waals surface area contributed by atoms with Gasteiger partial charge in [-0.1, -0.05) is 6.07 Å². The van der Waals surface area contributed by atoms with Crippen molar-refractivity contribution in [1.82, 2.24) is 30.0 Å². The van der Waals surface area contributed by atoms with E-state index in [1.165, 1.54) is 16.6 Å². The Labute approximate surface area is 146 Å². The number of anilines is 1. The largest absolute Gasteiger partial charge is 0.418 e. The Morgan fingerprint density at radius 1 is 1.23 bits per heavy atom. The number of nitrogens with one attached hydrogen (secondary N) is 1. The highest BCUT2D eigenvalue weighted by Gasteiger charge is 2.34. The highest BCUT2D eigenvalue weighted by atomic mass is 19.4. The molecule has 2 aromatic heterocycles.